The molecule has 0 saturated heterocycles. The minimum Gasteiger partial charge on any atom is -0.339 e. The highest BCUT2D eigenvalue weighted by atomic mass is 16.2. The fourth-order valence-corrected chi connectivity index (χ4v) is 4.16. The van der Waals surface area contributed by atoms with Gasteiger partial charge >= 0.3 is 0 Å². The first kappa shape index (κ1) is 16.3. The molecule has 0 radical (unpaired) electrons. The number of nitrogens with zero attached hydrogens (tertiary/aromatic N) is 3. The minimum absolute atomic E-state index is 0.0478. The Balaban J connectivity index is 1.48. The number of benzene rings is 1. The molecule has 1 amide bonds. The lowest BCUT2D eigenvalue weighted by molar-refractivity contribution is 0.0726. The summed E-state index contributed by atoms with van der Waals surface area (Å²) >= 11 is 0. The highest BCUT2D eigenvalue weighted by Crippen LogP contribution is 2.25. The molecule has 2 aromatic rings. The molecule has 25 heavy (non-hydrogen) atoms. The second-order valence-corrected chi connectivity index (χ2v) is 7.46. The van der Waals surface area contributed by atoms with E-state index < -0.39 is 0 Å². The van der Waals surface area contributed by atoms with Crippen molar-refractivity contribution in [3.8, 4) is 0 Å². The predicted octanol–water partition coefficient (Wildman–Crippen LogP) is 2.42. The van der Waals surface area contributed by atoms with Gasteiger partial charge in [0.25, 0.3) is 5.91 Å². The third-order valence-electron chi connectivity index (χ3n) is 5.71. The van der Waals surface area contributed by atoms with Crippen molar-refractivity contribution >= 4 is 5.91 Å². The largest absolute Gasteiger partial charge is 0.339 e. The number of carbonyl (C=O) groups is 1. The number of fused-ring (bicyclic) bond motifs is 2. The molecular formula is C20H26N4O. The van der Waals surface area contributed by atoms with Crippen LogP contribution in [-0.2, 0) is 25.8 Å². The number of amides is 1. The molecule has 2 aliphatic rings. The maximum absolute atomic E-state index is 12.9. The average molecular weight is 338 g/mol. The Kier molecular flexibility index (Phi) is 4.34. The van der Waals surface area contributed by atoms with Gasteiger partial charge in [-0.25, -0.2) is 0 Å². The Bertz CT molecular complexity index is 782. The van der Waals surface area contributed by atoms with Gasteiger partial charge in [-0.2, -0.15) is 5.10 Å². The van der Waals surface area contributed by atoms with Gasteiger partial charge in [-0.1, -0.05) is 24.3 Å². The monoisotopic (exact) mass is 338 g/mol. The van der Waals surface area contributed by atoms with Crippen molar-refractivity contribution in [1.82, 2.24) is 20.0 Å². The van der Waals surface area contributed by atoms with Gasteiger partial charge in [0.2, 0.25) is 0 Å². The van der Waals surface area contributed by atoms with Crippen molar-refractivity contribution in [2.24, 2.45) is 0 Å². The zero-order valence-electron chi connectivity index (χ0n) is 15.1. The highest BCUT2D eigenvalue weighted by molar-refractivity contribution is 5.94. The maximum atomic E-state index is 12.9. The van der Waals surface area contributed by atoms with E-state index in [0.717, 1.165) is 50.0 Å². The molecule has 2 heterocycles. The summed E-state index contributed by atoms with van der Waals surface area (Å²) in [5.74, 6) is 0.0478. The first-order valence-corrected chi connectivity index (χ1v) is 9.22. The van der Waals surface area contributed by atoms with Crippen LogP contribution < -0.4 is 0 Å². The summed E-state index contributed by atoms with van der Waals surface area (Å²) in [6, 6.07) is 8.96. The fourth-order valence-electron chi connectivity index (χ4n) is 4.16. The van der Waals surface area contributed by atoms with E-state index in [1.807, 2.05) is 11.9 Å². The molecule has 0 unspecified atom stereocenters. The van der Waals surface area contributed by atoms with E-state index in [0.29, 0.717) is 11.7 Å². The normalized spacial score (nSPS) is 20.0. The Labute approximate surface area is 149 Å². The molecule has 0 bridgehead atoms. The third-order valence-corrected chi connectivity index (χ3v) is 5.71. The Morgan fingerprint density at radius 2 is 2.04 bits per heavy atom. The van der Waals surface area contributed by atoms with E-state index in [2.05, 4.69) is 46.4 Å². The lowest BCUT2D eigenvalue weighted by Gasteiger charge is -2.36. The summed E-state index contributed by atoms with van der Waals surface area (Å²) in [4.78, 5) is 17.1. The predicted molar refractivity (Wildman–Crippen MR) is 97.6 cm³/mol. The Hall–Kier alpha value is -2.14. The molecule has 4 rings (SSSR count). The molecule has 0 fully saturated rings. The van der Waals surface area contributed by atoms with Crippen LogP contribution in [0.1, 0.15) is 45.7 Å². The van der Waals surface area contributed by atoms with E-state index >= 15 is 0 Å². The molecule has 1 N–H and O–H groups in total. The van der Waals surface area contributed by atoms with Crippen LogP contribution in [-0.4, -0.2) is 52.6 Å². The number of rotatable bonds is 3. The Morgan fingerprint density at radius 1 is 1.28 bits per heavy atom. The van der Waals surface area contributed by atoms with Crippen LogP contribution in [0, 0.1) is 0 Å². The quantitative estimate of drug-likeness (QED) is 0.935. The van der Waals surface area contributed by atoms with Gasteiger partial charge in [0.1, 0.15) is 0 Å². The zero-order valence-corrected chi connectivity index (χ0v) is 15.1. The Morgan fingerprint density at radius 3 is 2.88 bits per heavy atom. The van der Waals surface area contributed by atoms with Crippen LogP contribution in [0.15, 0.2) is 24.3 Å². The number of carbonyl (C=O) groups excluding carboxylic acids is 1. The van der Waals surface area contributed by atoms with Crippen LogP contribution in [0.25, 0.3) is 0 Å². The average Bonchev–Trinajstić information content (AvgIpc) is 3.05. The lowest BCUT2D eigenvalue weighted by Crippen LogP contribution is -2.46. The van der Waals surface area contributed by atoms with E-state index in [9.17, 15) is 4.79 Å². The molecule has 0 saturated carbocycles. The summed E-state index contributed by atoms with van der Waals surface area (Å²) in [7, 11) is 4.05. The molecule has 1 atom stereocenters. The molecule has 1 aliphatic heterocycles. The van der Waals surface area contributed by atoms with Gasteiger partial charge in [0.15, 0.2) is 5.69 Å². The van der Waals surface area contributed by atoms with E-state index in [-0.39, 0.29) is 5.91 Å². The smallest absolute Gasteiger partial charge is 0.274 e. The van der Waals surface area contributed by atoms with Crippen LogP contribution in [0.3, 0.4) is 0 Å². The molecule has 1 aromatic heterocycles. The summed E-state index contributed by atoms with van der Waals surface area (Å²) in [5.41, 5.74) is 5.74. The summed E-state index contributed by atoms with van der Waals surface area (Å²) in [6.07, 6.45) is 5.31. The number of hydrogen-bond donors (Lipinski definition) is 1. The van der Waals surface area contributed by atoms with Gasteiger partial charge in [-0.3, -0.25) is 14.8 Å². The standard InChI is InChI=1S/C20H26N4O/c1-23-12-15-8-4-3-7-14(15)11-16(23)13-24(2)20(25)19-17-9-5-6-10-18(17)21-22-19/h3-4,7-8,16H,5-6,9-13H2,1-2H3,(H,21,22)/t16-/m0/s1. The second kappa shape index (κ2) is 6.64. The summed E-state index contributed by atoms with van der Waals surface area (Å²) in [5, 5.41) is 7.42. The summed E-state index contributed by atoms with van der Waals surface area (Å²) in [6.45, 7) is 1.67. The van der Waals surface area contributed by atoms with Gasteiger partial charge in [-0.15, -0.1) is 0 Å². The SMILES string of the molecule is CN(C[C@@H]1Cc2ccccc2CN1C)C(=O)c1n[nH]c2c1CCCC2. The molecule has 5 heteroatoms. The number of aromatic nitrogens is 2. The van der Waals surface area contributed by atoms with Crippen LogP contribution in [0.2, 0.25) is 0 Å². The van der Waals surface area contributed by atoms with E-state index in [1.165, 1.54) is 17.5 Å². The highest BCUT2D eigenvalue weighted by Gasteiger charge is 2.28. The van der Waals surface area contributed by atoms with Crippen molar-refractivity contribution < 1.29 is 4.79 Å². The van der Waals surface area contributed by atoms with Crippen molar-refractivity contribution in [2.45, 2.75) is 44.7 Å². The minimum atomic E-state index is 0.0478. The molecule has 0 spiro atoms. The first-order valence-electron chi connectivity index (χ1n) is 9.22. The number of H-pyrrole nitrogens is 1. The van der Waals surface area contributed by atoms with Crippen LogP contribution in [0.5, 0.6) is 0 Å². The second-order valence-electron chi connectivity index (χ2n) is 7.46. The van der Waals surface area contributed by atoms with Crippen LogP contribution >= 0.6 is 0 Å². The van der Waals surface area contributed by atoms with Gasteiger partial charge in [-0.05, 0) is 50.3 Å². The number of nitrogens with one attached hydrogen (secondary N) is 1. The van der Waals surface area contributed by atoms with Crippen LogP contribution in [0.4, 0.5) is 0 Å². The van der Waals surface area contributed by atoms with Gasteiger partial charge in [0, 0.05) is 37.4 Å². The number of hydrogen-bond acceptors (Lipinski definition) is 3. The fraction of sp³-hybridized carbons (Fsp3) is 0.500. The van der Waals surface area contributed by atoms with E-state index in [1.54, 1.807) is 0 Å². The lowest BCUT2D eigenvalue weighted by atomic mass is 9.93. The summed E-state index contributed by atoms with van der Waals surface area (Å²) < 4.78 is 0. The molecule has 132 valence electrons. The van der Waals surface area contributed by atoms with Crippen molar-refractivity contribution in [3.63, 3.8) is 0 Å². The third kappa shape index (κ3) is 3.09. The number of aromatic amines is 1. The van der Waals surface area contributed by atoms with Gasteiger partial charge in [0.05, 0.1) is 0 Å². The zero-order chi connectivity index (χ0) is 17.4. The van der Waals surface area contributed by atoms with E-state index in [4.69, 9.17) is 0 Å². The van der Waals surface area contributed by atoms with Crippen molar-refractivity contribution in [1.29, 1.82) is 0 Å². The molecular weight excluding hydrogens is 312 g/mol. The first-order chi connectivity index (χ1) is 12.1. The number of likely N-dealkylation sites (N-methyl/N-ethyl adjacent to an activating group) is 2. The topological polar surface area (TPSA) is 52.2 Å². The molecule has 5 nitrogen and oxygen atoms in total. The van der Waals surface area contributed by atoms with Gasteiger partial charge < -0.3 is 4.90 Å². The molecule has 1 aromatic carbocycles. The van der Waals surface area contributed by atoms with Crippen molar-refractivity contribution in [2.75, 3.05) is 20.6 Å². The molecule has 1 aliphatic carbocycles. The maximum Gasteiger partial charge on any atom is 0.274 e. The number of aryl methyl sites for hydroxylation is 1. The van der Waals surface area contributed by atoms with Crippen molar-refractivity contribution in [3.05, 3.63) is 52.3 Å².